The van der Waals surface area contributed by atoms with Gasteiger partial charge in [0.15, 0.2) is 0 Å². The van der Waals surface area contributed by atoms with Crippen LogP contribution in [0.5, 0.6) is 0 Å². The van der Waals surface area contributed by atoms with Crippen molar-refractivity contribution in [3.8, 4) is 0 Å². The van der Waals surface area contributed by atoms with Crippen LogP contribution in [0.2, 0.25) is 10.0 Å². The van der Waals surface area contributed by atoms with Crippen LogP contribution in [0.15, 0.2) is 18.2 Å². The largest absolute Gasteiger partial charge is 0.0922 e. The third-order valence-electron chi connectivity index (χ3n) is 4.99. The first-order valence-electron chi connectivity index (χ1n) is 8.08. The maximum atomic E-state index is 6.36. The molecule has 1 aromatic rings. The van der Waals surface area contributed by atoms with Gasteiger partial charge in [-0.2, -0.15) is 0 Å². The highest BCUT2D eigenvalue weighted by atomic mass is 79.9. The molecule has 0 N–H and O–H groups in total. The Hall–Kier alpha value is 0.280. The maximum Gasteiger partial charge on any atom is 0.0439 e. The summed E-state index contributed by atoms with van der Waals surface area (Å²) >= 11 is 16.3. The minimum atomic E-state index is 0.358. The summed E-state index contributed by atoms with van der Waals surface area (Å²) in [6, 6.07) is 5.83. The first-order chi connectivity index (χ1) is 10.1. The molecule has 0 amide bonds. The Morgan fingerprint density at radius 2 is 1.95 bits per heavy atom. The van der Waals surface area contributed by atoms with Gasteiger partial charge in [0.25, 0.3) is 0 Å². The van der Waals surface area contributed by atoms with Gasteiger partial charge in [-0.05, 0) is 67.2 Å². The van der Waals surface area contributed by atoms with Crippen molar-refractivity contribution in [1.29, 1.82) is 0 Å². The van der Waals surface area contributed by atoms with E-state index in [0.717, 1.165) is 27.7 Å². The number of hydrogen-bond acceptors (Lipinski definition) is 0. The van der Waals surface area contributed by atoms with Crippen LogP contribution < -0.4 is 0 Å². The minimum Gasteiger partial charge on any atom is -0.0922 e. The van der Waals surface area contributed by atoms with E-state index in [1.165, 1.54) is 50.5 Å². The van der Waals surface area contributed by atoms with E-state index in [2.05, 4.69) is 22.9 Å². The topological polar surface area (TPSA) is 0 Å². The molecular weight excluding hydrogens is 367 g/mol. The molecule has 2 rings (SSSR count). The zero-order valence-electron chi connectivity index (χ0n) is 12.8. The Bertz CT molecular complexity index is 451. The van der Waals surface area contributed by atoms with Gasteiger partial charge in [0.05, 0.1) is 0 Å². The van der Waals surface area contributed by atoms with Gasteiger partial charge in [0.2, 0.25) is 0 Å². The van der Waals surface area contributed by atoms with E-state index in [1.807, 2.05) is 18.2 Å². The van der Waals surface area contributed by atoms with E-state index in [9.17, 15) is 0 Å². The molecule has 3 heteroatoms. The number of alkyl halides is 1. The lowest BCUT2D eigenvalue weighted by atomic mass is 9.68. The summed E-state index contributed by atoms with van der Waals surface area (Å²) in [6.45, 7) is 2.28. The average Bonchev–Trinajstić information content (AvgIpc) is 2.50. The summed E-state index contributed by atoms with van der Waals surface area (Å²) in [6.07, 6.45) is 10.5. The van der Waals surface area contributed by atoms with Crippen molar-refractivity contribution >= 4 is 39.1 Å². The SMILES string of the molecule is CCCCC1CCC(CBr)(Cc2cc(Cl)ccc2Cl)CC1. The second-order valence-electron chi connectivity index (χ2n) is 6.63. The number of benzene rings is 1. The molecule has 0 spiro atoms. The van der Waals surface area contributed by atoms with Crippen molar-refractivity contribution in [1.82, 2.24) is 0 Å². The van der Waals surface area contributed by atoms with Gasteiger partial charge in [0, 0.05) is 15.4 Å². The molecule has 0 heterocycles. The van der Waals surface area contributed by atoms with Crippen molar-refractivity contribution in [3.63, 3.8) is 0 Å². The highest BCUT2D eigenvalue weighted by molar-refractivity contribution is 9.09. The lowest BCUT2D eigenvalue weighted by molar-refractivity contribution is 0.169. The Morgan fingerprint density at radius 1 is 1.24 bits per heavy atom. The van der Waals surface area contributed by atoms with Gasteiger partial charge < -0.3 is 0 Å². The molecule has 1 saturated carbocycles. The van der Waals surface area contributed by atoms with Gasteiger partial charge in [-0.1, -0.05) is 65.3 Å². The highest BCUT2D eigenvalue weighted by Crippen LogP contribution is 2.45. The van der Waals surface area contributed by atoms with Crippen molar-refractivity contribution in [3.05, 3.63) is 33.8 Å². The summed E-state index contributed by atoms with van der Waals surface area (Å²) < 4.78 is 0. The Morgan fingerprint density at radius 3 is 2.57 bits per heavy atom. The van der Waals surface area contributed by atoms with E-state index in [-0.39, 0.29) is 0 Å². The highest BCUT2D eigenvalue weighted by Gasteiger charge is 2.34. The van der Waals surface area contributed by atoms with Crippen LogP contribution in [0.4, 0.5) is 0 Å². The second-order valence-corrected chi connectivity index (χ2v) is 8.04. The van der Waals surface area contributed by atoms with Crippen LogP contribution in [0.25, 0.3) is 0 Å². The Kier molecular flexibility index (Phi) is 6.90. The fraction of sp³-hybridized carbons (Fsp3) is 0.667. The van der Waals surface area contributed by atoms with Crippen LogP contribution in [0.1, 0.15) is 57.4 Å². The van der Waals surface area contributed by atoms with Crippen LogP contribution in [-0.4, -0.2) is 5.33 Å². The number of halogens is 3. The van der Waals surface area contributed by atoms with Gasteiger partial charge in [-0.3, -0.25) is 0 Å². The molecular formula is C18H25BrCl2. The zero-order valence-corrected chi connectivity index (χ0v) is 15.9. The summed E-state index contributed by atoms with van der Waals surface area (Å²) in [4.78, 5) is 0. The van der Waals surface area contributed by atoms with Crippen LogP contribution in [0, 0.1) is 11.3 Å². The lowest BCUT2D eigenvalue weighted by Crippen LogP contribution is -2.31. The van der Waals surface area contributed by atoms with Crippen LogP contribution in [-0.2, 0) is 6.42 Å². The third kappa shape index (κ3) is 4.88. The smallest absolute Gasteiger partial charge is 0.0439 e. The maximum absolute atomic E-state index is 6.36. The second kappa shape index (κ2) is 8.22. The molecule has 1 aliphatic rings. The molecule has 0 aromatic heterocycles. The van der Waals surface area contributed by atoms with Gasteiger partial charge in [-0.25, -0.2) is 0 Å². The minimum absolute atomic E-state index is 0.358. The normalized spacial score (nSPS) is 26.0. The van der Waals surface area contributed by atoms with Crippen LogP contribution >= 0.6 is 39.1 Å². The number of hydrogen-bond donors (Lipinski definition) is 0. The molecule has 0 unspecified atom stereocenters. The standard InChI is InChI=1S/C18H25BrCl2/c1-2-3-4-14-7-9-18(13-19,10-8-14)12-15-11-16(20)5-6-17(15)21/h5-6,11,14H,2-4,7-10,12-13H2,1H3. The fourth-order valence-corrected chi connectivity index (χ4v) is 4.65. The van der Waals surface area contributed by atoms with Crippen LogP contribution in [0.3, 0.4) is 0 Å². The lowest BCUT2D eigenvalue weighted by Gasteiger charge is -2.39. The molecule has 0 bridgehead atoms. The summed E-state index contributed by atoms with van der Waals surface area (Å²) in [5, 5.41) is 2.70. The number of rotatable bonds is 6. The van der Waals surface area contributed by atoms with E-state index >= 15 is 0 Å². The first-order valence-corrected chi connectivity index (χ1v) is 9.96. The zero-order chi connectivity index (χ0) is 15.3. The third-order valence-corrected chi connectivity index (χ3v) is 6.78. The molecule has 0 saturated heterocycles. The molecule has 118 valence electrons. The van der Waals surface area contributed by atoms with E-state index < -0.39 is 0 Å². The van der Waals surface area contributed by atoms with E-state index in [1.54, 1.807) is 0 Å². The van der Waals surface area contributed by atoms with Gasteiger partial charge >= 0.3 is 0 Å². The van der Waals surface area contributed by atoms with E-state index in [0.29, 0.717) is 5.41 Å². The predicted octanol–water partition coefficient (Wildman–Crippen LogP) is 7.30. The molecule has 0 atom stereocenters. The molecule has 1 aliphatic carbocycles. The molecule has 0 aliphatic heterocycles. The molecule has 1 aromatic carbocycles. The van der Waals surface area contributed by atoms with Gasteiger partial charge in [-0.15, -0.1) is 0 Å². The Labute approximate surface area is 147 Å². The summed E-state index contributed by atoms with van der Waals surface area (Å²) in [7, 11) is 0. The first kappa shape index (κ1) is 17.6. The average molecular weight is 392 g/mol. The molecule has 1 fully saturated rings. The Balaban J connectivity index is 2.01. The summed E-state index contributed by atoms with van der Waals surface area (Å²) in [5.74, 6) is 0.937. The van der Waals surface area contributed by atoms with Crippen molar-refractivity contribution in [2.24, 2.45) is 11.3 Å². The quantitative estimate of drug-likeness (QED) is 0.446. The molecule has 0 nitrogen and oxygen atoms in total. The van der Waals surface area contributed by atoms with Gasteiger partial charge in [0.1, 0.15) is 0 Å². The molecule has 21 heavy (non-hydrogen) atoms. The molecule has 0 radical (unpaired) electrons. The van der Waals surface area contributed by atoms with Crippen molar-refractivity contribution in [2.75, 3.05) is 5.33 Å². The van der Waals surface area contributed by atoms with Crippen molar-refractivity contribution < 1.29 is 0 Å². The fourth-order valence-electron chi connectivity index (χ4n) is 3.51. The number of unbranched alkanes of at least 4 members (excludes halogenated alkanes) is 1. The summed E-state index contributed by atoms with van der Waals surface area (Å²) in [5.41, 5.74) is 1.56. The predicted molar refractivity (Wildman–Crippen MR) is 97.9 cm³/mol. The van der Waals surface area contributed by atoms with E-state index in [4.69, 9.17) is 23.2 Å². The monoisotopic (exact) mass is 390 g/mol. The van der Waals surface area contributed by atoms with Crippen molar-refractivity contribution in [2.45, 2.75) is 58.3 Å².